The highest BCUT2D eigenvalue weighted by Gasteiger charge is 2.29. The monoisotopic (exact) mass is 217 g/mol. The molecule has 0 radical (unpaired) electrons. The maximum Gasteiger partial charge on any atom is 0.235 e. The van der Waals surface area contributed by atoms with Gasteiger partial charge in [0.1, 0.15) is 0 Å². The van der Waals surface area contributed by atoms with Gasteiger partial charge in [-0.1, -0.05) is 0 Å². The Hall–Kier alpha value is -0.690. The standard InChI is InChI=1S/C9H19N3O3/c10-7(8(11)13)5-12-6-9(14)1-3-15-4-2-9/h7,12,14H,1-6,10H2,(H2,11,13). The number of rotatable bonds is 5. The van der Waals surface area contributed by atoms with E-state index in [0.717, 1.165) is 0 Å². The first-order chi connectivity index (χ1) is 7.03. The molecule has 6 N–H and O–H groups in total. The molecule has 1 aliphatic rings. The number of ether oxygens (including phenoxy) is 1. The molecule has 15 heavy (non-hydrogen) atoms. The molecule has 1 aliphatic heterocycles. The number of amides is 1. The number of nitrogens with one attached hydrogen (secondary N) is 1. The Bertz CT molecular complexity index is 217. The van der Waals surface area contributed by atoms with Crippen LogP contribution in [0.5, 0.6) is 0 Å². The molecule has 1 rings (SSSR count). The van der Waals surface area contributed by atoms with E-state index in [0.29, 0.717) is 39.1 Å². The van der Waals surface area contributed by atoms with Crippen LogP contribution in [0.3, 0.4) is 0 Å². The van der Waals surface area contributed by atoms with Gasteiger partial charge in [-0.2, -0.15) is 0 Å². The van der Waals surface area contributed by atoms with Gasteiger partial charge in [0.15, 0.2) is 0 Å². The van der Waals surface area contributed by atoms with Gasteiger partial charge in [-0.15, -0.1) is 0 Å². The molecule has 1 saturated heterocycles. The molecule has 0 aromatic rings. The highest BCUT2D eigenvalue weighted by Crippen LogP contribution is 2.18. The summed E-state index contributed by atoms with van der Waals surface area (Å²) in [7, 11) is 0. The molecule has 0 aliphatic carbocycles. The highest BCUT2D eigenvalue weighted by atomic mass is 16.5. The number of primary amides is 1. The summed E-state index contributed by atoms with van der Waals surface area (Å²) in [6, 6.07) is -0.701. The summed E-state index contributed by atoms with van der Waals surface area (Å²) >= 11 is 0. The summed E-state index contributed by atoms with van der Waals surface area (Å²) in [6.07, 6.45) is 1.21. The second-order valence-electron chi connectivity index (χ2n) is 3.98. The Balaban J connectivity index is 2.21. The van der Waals surface area contributed by atoms with E-state index in [9.17, 15) is 9.90 Å². The Labute approximate surface area is 89.0 Å². The summed E-state index contributed by atoms with van der Waals surface area (Å²) in [5.41, 5.74) is 9.69. The van der Waals surface area contributed by atoms with Crippen molar-refractivity contribution in [3.63, 3.8) is 0 Å². The average Bonchev–Trinajstić information content (AvgIpc) is 2.18. The zero-order valence-electron chi connectivity index (χ0n) is 8.74. The summed E-state index contributed by atoms with van der Waals surface area (Å²) in [5, 5.41) is 13.0. The van der Waals surface area contributed by atoms with Crippen molar-refractivity contribution in [3.05, 3.63) is 0 Å². The van der Waals surface area contributed by atoms with Crippen LogP contribution in [0.25, 0.3) is 0 Å². The van der Waals surface area contributed by atoms with E-state index < -0.39 is 17.6 Å². The molecule has 0 saturated carbocycles. The number of carbonyl (C=O) groups is 1. The van der Waals surface area contributed by atoms with Gasteiger partial charge >= 0.3 is 0 Å². The van der Waals surface area contributed by atoms with Gasteiger partial charge < -0.3 is 26.6 Å². The Morgan fingerprint density at radius 1 is 1.53 bits per heavy atom. The van der Waals surface area contributed by atoms with Crippen molar-refractivity contribution < 1.29 is 14.6 Å². The number of hydrogen-bond donors (Lipinski definition) is 4. The zero-order valence-corrected chi connectivity index (χ0v) is 8.74. The van der Waals surface area contributed by atoms with Crippen LogP contribution < -0.4 is 16.8 Å². The van der Waals surface area contributed by atoms with Crippen molar-refractivity contribution in [2.24, 2.45) is 11.5 Å². The first-order valence-electron chi connectivity index (χ1n) is 5.09. The van der Waals surface area contributed by atoms with Crippen molar-refractivity contribution in [1.29, 1.82) is 0 Å². The fourth-order valence-corrected chi connectivity index (χ4v) is 1.49. The summed E-state index contributed by atoms with van der Waals surface area (Å²) in [4.78, 5) is 10.6. The second-order valence-corrected chi connectivity index (χ2v) is 3.98. The molecular weight excluding hydrogens is 198 g/mol. The molecule has 0 bridgehead atoms. The van der Waals surface area contributed by atoms with Gasteiger partial charge in [0.05, 0.1) is 11.6 Å². The predicted octanol–water partition coefficient (Wildman–Crippen LogP) is -2.07. The second kappa shape index (κ2) is 5.41. The number of hydrogen-bond acceptors (Lipinski definition) is 5. The normalized spacial score (nSPS) is 22.3. The minimum absolute atomic E-state index is 0.290. The van der Waals surface area contributed by atoms with Gasteiger partial charge in [-0.3, -0.25) is 4.79 Å². The van der Waals surface area contributed by atoms with Crippen LogP contribution >= 0.6 is 0 Å². The van der Waals surface area contributed by atoms with E-state index in [1.165, 1.54) is 0 Å². The third kappa shape index (κ3) is 4.13. The number of nitrogens with two attached hydrogens (primary N) is 2. The van der Waals surface area contributed by atoms with Crippen molar-refractivity contribution in [2.45, 2.75) is 24.5 Å². The number of aliphatic hydroxyl groups is 1. The predicted molar refractivity (Wildman–Crippen MR) is 55.0 cm³/mol. The molecule has 1 fully saturated rings. The van der Waals surface area contributed by atoms with Gasteiger partial charge in [-0.05, 0) is 0 Å². The average molecular weight is 217 g/mol. The van der Waals surface area contributed by atoms with Crippen LogP contribution in [0, 0.1) is 0 Å². The van der Waals surface area contributed by atoms with Gasteiger partial charge in [0.25, 0.3) is 0 Å². The van der Waals surface area contributed by atoms with E-state index in [1.54, 1.807) is 0 Å². The molecule has 6 heteroatoms. The Morgan fingerprint density at radius 2 is 2.13 bits per heavy atom. The lowest BCUT2D eigenvalue weighted by Crippen LogP contribution is -2.50. The molecule has 88 valence electrons. The molecule has 0 aromatic carbocycles. The summed E-state index contributed by atoms with van der Waals surface area (Å²) in [5.74, 6) is -0.540. The SMILES string of the molecule is NC(=O)C(N)CNCC1(O)CCOCC1. The van der Waals surface area contributed by atoms with Crippen LogP contribution in [0.2, 0.25) is 0 Å². The fraction of sp³-hybridized carbons (Fsp3) is 0.889. The lowest BCUT2D eigenvalue weighted by atomic mass is 9.94. The minimum atomic E-state index is -0.740. The van der Waals surface area contributed by atoms with Crippen LogP contribution in [-0.4, -0.2) is 49.0 Å². The smallest absolute Gasteiger partial charge is 0.235 e. The minimum Gasteiger partial charge on any atom is -0.388 e. The molecule has 0 spiro atoms. The maximum absolute atomic E-state index is 10.6. The van der Waals surface area contributed by atoms with E-state index >= 15 is 0 Å². The molecule has 1 atom stereocenters. The molecule has 1 unspecified atom stereocenters. The third-order valence-corrected chi connectivity index (χ3v) is 2.61. The quantitative estimate of drug-likeness (QED) is 0.423. The van der Waals surface area contributed by atoms with Crippen molar-refractivity contribution in [1.82, 2.24) is 5.32 Å². The summed E-state index contributed by atoms with van der Waals surface area (Å²) in [6.45, 7) is 1.84. The van der Waals surface area contributed by atoms with Crippen LogP contribution in [0.1, 0.15) is 12.8 Å². The van der Waals surface area contributed by atoms with Gasteiger partial charge in [0.2, 0.25) is 5.91 Å². The first kappa shape index (κ1) is 12.4. The summed E-state index contributed by atoms with van der Waals surface area (Å²) < 4.78 is 5.14. The van der Waals surface area contributed by atoms with Crippen LogP contribution in [0.15, 0.2) is 0 Å². The molecular formula is C9H19N3O3. The van der Waals surface area contributed by atoms with Crippen molar-refractivity contribution in [3.8, 4) is 0 Å². The largest absolute Gasteiger partial charge is 0.388 e. The van der Waals surface area contributed by atoms with Gasteiger partial charge in [0, 0.05) is 39.1 Å². The third-order valence-electron chi connectivity index (χ3n) is 2.61. The number of carbonyl (C=O) groups excluding carboxylic acids is 1. The van der Waals surface area contributed by atoms with E-state index in [1.807, 2.05) is 0 Å². The van der Waals surface area contributed by atoms with Gasteiger partial charge in [-0.25, -0.2) is 0 Å². The zero-order chi connectivity index (χ0) is 11.3. The fourth-order valence-electron chi connectivity index (χ4n) is 1.49. The molecule has 0 aromatic heterocycles. The first-order valence-corrected chi connectivity index (χ1v) is 5.09. The topological polar surface area (TPSA) is 111 Å². The van der Waals surface area contributed by atoms with E-state index in [2.05, 4.69) is 5.32 Å². The van der Waals surface area contributed by atoms with E-state index in [-0.39, 0.29) is 0 Å². The van der Waals surface area contributed by atoms with Crippen molar-refractivity contribution in [2.75, 3.05) is 26.3 Å². The lowest BCUT2D eigenvalue weighted by molar-refractivity contribution is -0.119. The molecule has 6 nitrogen and oxygen atoms in total. The lowest BCUT2D eigenvalue weighted by Gasteiger charge is -2.32. The Kier molecular flexibility index (Phi) is 4.46. The molecule has 1 amide bonds. The molecule has 1 heterocycles. The Morgan fingerprint density at radius 3 is 2.67 bits per heavy atom. The van der Waals surface area contributed by atoms with Crippen molar-refractivity contribution >= 4 is 5.91 Å². The van der Waals surface area contributed by atoms with Crippen LogP contribution in [0.4, 0.5) is 0 Å². The van der Waals surface area contributed by atoms with Crippen LogP contribution in [-0.2, 0) is 9.53 Å². The highest BCUT2D eigenvalue weighted by molar-refractivity contribution is 5.79. The van der Waals surface area contributed by atoms with E-state index in [4.69, 9.17) is 16.2 Å². The maximum atomic E-state index is 10.6.